The van der Waals surface area contributed by atoms with Crippen molar-refractivity contribution in [2.24, 2.45) is 0 Å². The Balaban J connectivity index is 1.89. The summed E-state index contributed by atoms with van der Waals surface area (Å²) >= 11 is 0. The first-order valence-electron chi connectivity index (χ1n) is 7.10. The highest BCUT2D eigenvalue weighted by Gasteiger charge is 2.17. The molecule has 0 aliphatic carbocycles. The molecule has 0 amide bonds. The van der Waals surface area contributed by atoms with Gasteiger partial charge in [0.2, 0.25) is 5.88 Å². The molecule has 0 N–H and O–H groups in total. The Bertz CT molecular complexity index is 662. The molecule has 0 radical (unpaired) electrons. The molecule has 2 aromatic rings. The van der Waals surface area contributed by atoms with E-state index in [-0.39, 0.29) is 5.69 Å². The van der Waals surface area contributed by atoms with E-state index in [2.05, 4.69) is 10.00 Å². The van der Waals surface area contributed by atoms with E-state index < -0.39 is 4.92 Å². The number of hydrogen-bond acceptors (Lipinski definition) is 5. The van der Waals surface area contributed by atoms with Gasteiger partial charge in [0.05, 0.1) is 29.5 Å². The van der Waals surface area contributed by atoms with Crippen molar-refractivity contribution in [3.63, 3.8) is 0 Å². The van der Waals surface area contributed by atoms with Crippen molar-refractivity contribution >= 4 is 16.6 Å². The summed E-state index contributed by atoms with van der Waals surface area (Å²) in [6, 6.07) is 4.77. The third kappa shape index (κ3) is 2.69. The zero-order valence-electron chi connectivity index (χ0n) is 12.0. The molecule has 0 spiro atoms. The molecule has 1 fully saturated rings. The van der Waals surface area contributed by atoms with Gasteiger partial charge in [-0.2, -0.15) is 0 Å². The minimum Gasteiger partial charge on any atom is -0.479 e. The van der Waals surface area contributed by atoms with Gasteiger partial charge >= 0.3 is 0 Å². The third-order valence-corrected chi connectivity index (χ3v) is 3.93. The first-order chi connectivity index (χ1) is 10.2. The molecule has 0 unspecified atom stereocenters. The van der Waals surface area contributed by atoms with Gasteiger partial charge in [-0.15, -0.1) is 5.10 Å². The van der Waals surface area contributed by atoms with Gasteiger partial charge in [0.15, 0.2) is 0 Å². The summed E-state index contributed by atoms with van der Waals surface area (Å²) in [7, 11) is 1.53. The van der Waals surface area contributed by atoms with Crippen LogP contribution in [0.15, 0.2) is 18.2 Å². The number of nitro benzene ring substituents is 1. The number of hydrogen-bond donors (Lipinski definition) is 0. The molecule has 7 heteroatoms. The number of nitrogens with zero attached hydrogens (tertiary/aromatic N) is 4. The van der Waals surface area contributed by atoms with Crippen molar-refractivity contribution in [2.75, 3.05) is 26.7 Å². The van der Waals surface area contributed by atoms with Crippen LogP contribution in [0.4, 0.5) is 5.69 Å². The molecule has 1 aliphatic rings. The fraction of sp³-hybridized carbons (Fsp3) is 0.500. The minimum atomic E-state index is -0.402. The Morgan fingerprint density at radius 3 is 2.76 bits per heavy atom. The van der Waals surface area contributed by atoms with Crippen LogP contribution in [-0.2, 0) is 6.54 Å². The van der Waals surface area contributed by atoms with E-state index in [1.165, 1.54) is 32.1 Å². The minimum absolute atomic E-state index is 0.0555. The van der Waals surface area contributed by atoms with Crippen molar-refractivity contribution in [3.05, 3.63) is 28.3 Å². The number of aromatic nitrogens is 2. The van der Waals surface area contributed by atoms with E-state index in [1.54, 1.807) is 6.07 Å². The first-order valence-corrected chi connectivity index (χ1v) is 7.10. The third-order valence-electron chi connectivity index (χ3n) is 3.93. The van der Waals surface area contributed by atoms with Gasteiger partial charge in [-0.1, -0.05) is 0 Å². The van der Waals surface area contributed by atoms with E-state index in [9.17, 15) is 10.1 Å². The summed E-state index contributed by atoms with van der Waals surface area (Å²) in [6.45, 7) is 3.98. The topological polar surface area (TPSA) is 73.4 Å². The summed E-state index contributed by atoms with van der Waals surface area (Å²) in [5, 5.41) is 16.0. The number of benzene rings is 1. The lowest BCUT2D eigenvalue weighted by Gasteiger charge is -2.14. The number of likely N-dealkylation sites (tertiary alicyclic amines) is 1. The fourth-order valence-electron chi connectivity index (χ4n) is 2.81. The number of ether oxygens (including phenoxy) is 1. The monoisotopic (exact) mass is 290 g/mol. The SMILES string of the molecule is COc1nn(CCN2CCCC2)c2ccc([N+](=O)[O-])cc12. The number of rotatable bonds is 5. The zero-order chi connectivity index (χ0) is 14.8. The number of non-ortho nitro benzene ring substituents is 1. The van der Waals surface area contributed by atoms with Crippen molar-refractivity contribution in [1.82, 2.24) is 14.7 Å². The Morgan fingerprint density at radius 2 is 2.10 bits per heavy atom. The zero-order valence-corrected chi connectivity index (χ0v) is 12.0. The quantitative estimate of drug-likeness (QED) is 0.622. The molecule has 1 aromatic heterocycles. The van der Waals surface area contributed by atoms with E-state index in [1.807, 2.05) is 4.68 Å². The van der Waals surface area contributed by atoms with Crippen molar-refractivity contribution in [3.8, 4) is 5.88 Å². The Labute approximate surface area is 122 Å². The lowest BCUT2D eigenvalue weighted by Crippen LogP contribution is -2.24. The number of methoxy groups -OCH3 is 1. The molecular weight excluding hydrogens is 272 g/mol. The molecule has 0 atom stereocenters. The first kappa shape index (κ1) is 13.8. The van der Waals surface area contributed by atoms with Crippen LogP contribution in [0.25, 0.3) is 10.9 Å². The van der Waals surface area contributed by atoms with Gasteiger partial charge in [0.25, 0.3) is 5.69 Å². The normalized spacial score (nSPS) is 15.7. The molecule has 2 heterocycles. The van der Waals surface area contributed by atoms with Crippen molar-refractivity contribution in [2.45, 2.75) is 19.4 Å². The molecule has 112 valence electrons. The van der Waals surface area contributed by atoms with Crippen LogP contribution in [-0.4, -0.2) is 46.3 Å². The molecule has 1 aliphatic heterocycles. The Hall–Kier alpha value is -2.15. The summed E-state index contributed by atoms with van der Waals surface area (Å²) in [4.78, 5) is 12.9. The van der Waals surface area contributed by atoms with Crippen LogP contribution in [0.1, 0.15) is 12.8 Å². The highest BCUT2D eigenvalue weighted by Crippen LogP contribution is 2.28. The molecule has 1 aromatic carbocycles. The molecular formula is C14H18N4O3. The van der Waals surface area contributed by atoms with Crippen LogP contribution in [0.3, 0.4) is 0 Å². The summed E-state index contributed by atoms with van der Waals surface area (Å²) in [6.07, 6.45) is 2.52. The van der Waals surface area contributed by atoms with E-state index in [0.29, 0.717) is 11.3 Å². The van der Waals surface area contributed by atoms with Crippen molar-refractivity contribution < 1.29 is 9.66 Å². The van der Waals surface area contributed by atoms with Crippen LogP contribution >= 0.6 is 0 Å². The second-order valence-corrected chi connectivity index (χ2v) is 5.24. The van der Waals surface area contributed by atoms with E-state index >= 15 is 0 Å². The van der Waals surface area contributed by atoms with E-state index in [4.69, 9.17) is 4.74 Å². The Morgan fingerprint density at radius 1 is 1.33 bits per heavy atom. The standard InChI is InChI=1S/C14H18N4O3/c1-21-14-12-10-11(18(19)20)4-5-13(12)17(15-14)9-8-16-6-2-3-7-16/h4-5,10H,2-3,6-9H2,1H3. The predicted molar refractivity (Wildman–Crippen MR) is 78.6 cm³/mol. The van der Waals surface area contributed by atoms with Gasteiger partial charge in [-0.05, 0) is 32.0 Å². The summed E-state index contributed by atoms with van der Waals surface area (Å²) in [5.74, 6) is 0.440. The second kappa shape index (κ2) is 5.69. The summed E-state index contributed by atoms with van der Waals surface area (Å²) < 4.78 is 7.12. The van der Waals surface area contributed by atoms with Gasteiger partial charge in [0.1, 0.15) is 0 Å². The Kier molecular flexibility index (Phi) is 3.74. The highest BCUT2D eigenvalue weighted by atomic mass is 16.6. The smallest absolute Gasteiger partial charge is 0.270 e. The van der Waals surface area contributed by atoms with Crippen LogP contribution in [0.5, 0.6) is 5.88 Å². The predicted octanol–water partition coefficient (Wildman–Crippen LogP) is 2.05. The molecule has 21 heavy (non-hydrogen) atoms. The molecule has 1 saturated heterocycles. The largest absolute Gasteiger partial charge is 0.479 e. The van der Waals surface area contributed by atoms with Gasteiger partial charge in [0, 0.05) is 18.7 Å². The van der Waals surface area contributed by atoms with Crippen LogP contribution in [0.2, 0.25) is 0 Å². The van der Waals surface area contributed by atoms with E-state index in [0.717, 1.165) is 31.7 Å². The van der Waals surface area contributed by atoms with Gasteiger partial charge in [-0.3, -0.25) is 14.8 Å². The number of nitro groups is 1. The maximum Gasteiger partial charge on any atom is 0.270 e. The second-order valence-electron chi connectivity index (χ2n) is 5.24. The maximum atomic E-state index is 10.9. The van der Waals surface area contributed by atoms with Crippen LogP contribution < -0.4 is 4.74 Å². The van der Waals surface area contributed by atoms with Gasteiger partial charge in [-0.25, -0.2) is 0 Å². The highest BCUT2D eigenvalue weighted by molar-refractivity contribution is 5.86. The lowest BCUT2D eigenvalue weighted by atomic mass is 10.2. The maximum absolute atomic E-state index is 10.9. The average Bonchev–Trinajstić information content (AvgIpc) is 3.11. The lowest BCUT2D eigenvalue weighted by molar-refractivity contribution is -0.384. The van der Waals surface area contributed by atoms with Crippen LogP contribution in [0, 0.1) is 10.1 Å². The van der Waals surface area contributed by atoms with Gasteiger partial charge < -0.3 is 9.64 Å². The number of fused-ring (bicyclic) bond motifs is 1. The fourth-order valence-corrected chi connectivity index (χ4v) is 2.81. The molecule has 3 rings (SSSR count). The molecule has 7 nitrogen and oxygen atoms in total. The average molecular weight is 290 g/mol. The summed E-state index contributed by atoms with van der Waals surface area (Å²) in [5.41, 5.74) is 0.927. The molecule has 0 bridgehead atoms. The molecule has 0 saturated carbocycles. The van der Waals surface area contributed by atoms with Crippen molar-refractivity contribution in [1.29, 1.82) is 0 Å².